The van der Waals surface area contributed by atoms with Gasteiger partial charge in [-0.25, -0.2) is 9.37 Å². The van der Waals surface area contributed by atoms with E-state index in [9.17, 15) is 9.18 Å². The zero-order chi connectivity index (χ0) is 15.2. The van der Waals surface area contributed by atoms with Crippen molar-refractivity contribution in [2.45, 2.75) is 32.4 Å². The number of halogens is 2. The molecule has 0 saturated carbocycles. The van der Waals surface area contributed by atoms with Crippen molar-refractivity contribution in [3.05, 3.63) is 42.0 Å². The fraction of sp³-hybridized carbons (Fsp3) is 0.333. The molecule has 0 amide bonds. The average Bonchev–Trinajstić information content (AvgIpc) is 2.92. The number of rotatable bonds is 7. The number of aromatic nitrogens is 1. The van der Waals surface area contributed by atoms with E-state index in [1.165, 1.54) is 18.4 Å². The molecule has 0 aliphatic carbocycles. The van der Waals surface area contributed by atoms with Gasteiger partial charge >= 0.3 is 5.97 Å². The second kappa shape index (κ2) is 8.51. The first kappa shape index (κ1) is 18.1. The van der Waals surface area contributed by atoms with E-state index >= 15 is 0 Å². The molecule has 0 fully saturated rings. The average molecular weight is 329 g/mol. The fourth-order valence-electron chi connectivity index (χ4n) is 1.97. The summed E-state index contributed by atoms with van der Waals surface area (Å²) in [6.07, 6.45) is 2.76. The third-order valence-corrected chi connectivity index (χ3v) is 3.03. The van der Waals surface area contributed by atoms with Gasteiger partial charge < -0.3 is 9.52 Å². The molecule has 0 bridgehead atoms. The number of hydrogen-bond acceptors (Lipinski definition) is 4. The second-order valence-corrected chi connectivity index (χ2v) is 4.71. The Bertz CT molecular complexity index is 618. The maximum atomic E-state index is 13.1. The highest BCUT2D eigenvalue weighted by molar-refractivity contribution is 5.85. The number of oxazole rings is 1. The van der Waals surface area contributed by atoms with Gasteiger partial charge in [-0.3, -0.25) is 10.1 Å². The fourth-order valence-corrected chi connectivity index (χ4v) is 1.97. The van der Waals surface area contributed by atoms with Gasteiger partial charge in [-0.2, -0.15) is 0 Å². The molecule has 0 aliphatic heterocycles. The Labute approximate surface area is 134 Å². The van der Waals surface area contributed by atoms with Crippen LogP contribution in [0.2, 0.25) is 0 Å². The number of nitrogens with zero attached hydrogens (tertiary/aromatic N) is 1. The molecular weight excluding hydrogens is 311 g/mol. The van der Waals surface area contributed by atoms with Crippen molar-refractivity contribution >= 4 is 18.4 Å². The van der Waals surface area contributed by atoms with Crippen LogP contribution in [-0.4, -0.2) is 22.1 Å². The molecule has 2 N–H and O–H groups in total. The predicted molar refractivity (Wildman–Crippen MR) is 82.3 cm³/mol. The lowest BCUT2D eigenvalue weighted by Crippen LogP contribution is -2.36. The molecule has 1 heterocycles. The van der Waals surface area contributed by atoms with E-state index in [1.54, 1.807) is 12.1 Å². The second-order valence-electron chi connectivity index (χ2n) is 4.71. The quantitative estimate of drug-likeness (QED) is 0.816. The van der Waals surface area contributed by atoms with E-state index in [4.69, 9.17) is 9.52 Å². The molecule has 2 rings (SSSR count). The highest BCUT2D eigenvalue weighted by atomic mass is 35.5. The summed E-state index contributed by atoms with van der Waals surface area (Å²) in [5, 5.41) is 12.0. The zero-order valence-corrected chi connectivity index (χ0v) is 12.9. The summed E-state index contributed by atoms with van der Waals surface area (Å²) in [6.45, 7) is 2.21. The number of carbonyl (C=O) groups is 1. The van der Waals surface area contributed by atoms with Gasteiger partial charge in [0, 0.05) is 12.1 Å². The van der Waals surface area contributed by atoms with Gasteiger partial charge in [-0.05, 0) is 24.6 Å². The van der Waals surface area contributed by atoms with Crippen LogP contribution >= 0.6 is 12.4 Å². The maximum Gasteiger partial charge on any atom is 0.320 e. The van der Waals surface area contributed by atoms with Crippen LogP contribution in [0.5, 0.6) is 0 Å². The summed E-state index contributed by atoms with van der Waals surface area (Å²) in [5.74, 6) is -0.932. The number of hydrogen-bond donors (Lipinski definition) is 2. The lowest BCUT2D eigenvalue weighted by molar-refractivity contribution is -0.139. The molecule has 120 valence electrons. The van der Waals surface area contributed by atoms with Crippen molar-refractivity contribution in [3.8, 4) is 11.5 Å². The molecule has 0 saturated heterocycles. The summed E-state index contributed by atoms with van der Waals surface area (Å²) in [5.41, 5.74) is 1.13. The lowest BCUT2D eigenvalue weighted by atomic mass is 10.1. The van der Waals surface area contributed by atoms with E-state index < -0.39 is 12.0 Å². The van der Waals surface area contributed by atoms with Crippen LogP contribution in [0, 0.1) is 5.82 Å². The van der Waals surface area contributed by atoms with Gasteiger partial charge in [-0.1, -0.05) is 19.4 Å². The van der Waals surface area contributed by atoms with Crippen LogP contribution in [0.3, 0.4) is 0 Å². The van der Waals surface area contributed by atoms with E-state index in [0.717, 1.165) is 6.42 Å². The first-order valence-corrected chi connectivity index (χ1v) is 6.76. The summed E-state index contributed by atoms with van der Waals surface area (Å²) in [7, 11) is 0. The van der Waals surface area contributed by atoms with Gasteiger partial charge in [0.25, 0.3) is 0 Å². The smallest absolute Gasteiger partial charge is 0.320 e. The van der Waals surface area contributed by atoms with Crippen LogP contribution in [-0.2, 0) is 11.3 Å². The summed E-state index contributed by atoms with van der Waals surface area (Å²) in [4.78, 5) is 15.3. The van der Waals surface area contributed by atoms with E-state index in [1.807, 2.05) is 6.92 Å². The van der Waals surface area contributed by atoms with Gasteiger partial charge in [0.1, 0.15) is 18.1 Å². The first-order valence-electron chi connectivity index (χ1n) is 6.76. The van der Waals surface area contributed by atoms with E-state index in [2.05, 4.69) is 10.3 Å². The monoisotopic (exact) mass is 328 g/mol. The molecule has 2 aromatic rings. The molecule has 0 aliphatic rings. The summed E-state index contributed by atoms with van der Waals surface area (Å²) >= 11 is 0. The molecule has 1 aromatic carbocycles. The third-order valence-electron chi connectivity index (χ3n) is 3.03. The zero-order valence-electron chi connectivity index (χ0n) is 12.1. The molecular formula is C15H18ClFN2O3. The van der Waals surface area contributed by atoms with Gasteiger partial charge in [0.05, 0.1) is 5.69 Å². The Hall–Kier alpha value is -1.92. The highest BCUT2D eigenvalue weighted by Crippen LogP contribution is 2.19. The molecule has 22 heavy (non-hydrogen) atoms. The Morgan fingerprint density at radius 2 is 2.27 bits per heavy atom. The molecule has 1 unspecified atom stereocenters. The number of benzene rings is 1. The minimum absolute atomic E-state index is 0. The van der Waals surface area contributed by atoms with Crippen LogP contribution in [0.15, 0.2) is 34.9 Å². The van der Waals surface area contributed by atoms with Crippen molar-refractivity contribution < 1.29 is 18.7 Å². The van der Waals surface area contributed by atoms with E-state index in [0.29, 0.717) is 23.6 Å². The maximum absolute atomic E-state index is 13.1. The van der Waals surface area contributed by atoms with Crippen molar-refractivity contribution in [2.24, 2.45) is 0 Å². The van der Waals surface area contributed by atoms with Gasteiger partial charge in [-0.15, -0.1) is 12.4 Å². The Morgan fingerprint density at radius 1 is 1.50 bits per heavy atom. The van der Waals surface area contributed by atoms with E-state index in [-0.39, 0.29) is 24.8 Å². The minimum Gasteiger partial charge on any atom is -0.480 e. The van der Waals surface area contributed by atoms with Crippen LogP contribution in [0.25, 0.3) is 11.5 Å². The van der Waals surface area contributed by atoms with Crippen LogP contribution in [0.4, 0.5) is 4.39 Å². The van der Waals surface area contributed by atoms with Crippen molar-refractivity contribution in [2.75, 3.05) is 0 Å². The van der Waals surface area contributed by atoms with Crippen LogP contribution in [0.1, 0.15) is 25.5 Å². The summed E-state index contributed by atoms with van der Waals surface area (Å²) in [6, 6.07) is 5.35. The van der Waals surface area contributed by atoms with Crippen LogP contribution < -0.4 is 5.32 Å². The molecule has 0 radical (unpaired) electrons. The Morgan fingerprint density at radius 3 is 2.91 bits per heavy atom. The minimum atomic E-state index is -0.884. The highest BCUT2D eigenvalue weighted by Gasteiger charge is 2.16. The summed E-state index contributed by atoms with van der Waals surface area (Å²) < 4.78 is 18.4. The lowest BCUT2D eigenvalue weighted by Gasteiger charge is -2.11. The molecule has 5 nitrogen and oxygen atoms in total. The molecule has 1 atom stereocenters. The number of aliphatic carboxylic acids is 1. The van der Waals surface area contributed by atoms with Gasteiger partial charge in [0.2, 0.25) is 5.89 Å². The molecule has 0 spiro atoms. The Balaban J connectivity index is 0.00000242. The molecule has 7 heteroatoms. The van der Waals surface area contributed by atoms with Crippen molar-refractivity contribution in [1.82, 2.24) is 10.3 Å². The number of nitrogens with one attached hydrogen (secondary N) is 1. The largest absolute Gasteiger partial charge is 0.480 e. The molecule has 1 aromatic heterocycles. The normalized spacial score (nSPS) is 11.7. The standard InChI is InChI=1S/C15H17FN2O3.ClH/c1-2-4-13(15(19)20)17-8-12-9-21-14(18-12)10-5-3-6-11(16)7-10;/h3,5-7,9,13,17H,2,4,8H2,1H3,(H,19,20);1H. The van der Waals surface area contributed by atoms with Crippen molar-refractivity contribution in [1.29, 1.82) is 0 Å². The Kier molecular flexibility index (Phi) is 7.01. The SMILES string of the molecule is CCCC(NCc1coc(-c2cccc(F)c2)n1)C(=O)O.Cl. The van der Waals surface area contributed by atoms with Gasteiger partial charge in [0.15, 0.2) is 0 Å². The topological polar surface area (TPSA) is 75.4 Å². The van der Waals surface area contributed by atoms with Crippen molar-refractivity contribution in [3.63, 3.8) is 0 Å². The first-order chi connectivity index (χ1) is 10.1. The third kappa shape index (κ3) is 4.82. The number of carboxylic acids is 1. The predicted octanol–water partition coefficient (Wildman–Crippen LogP) is 3.25. The number of carboxylic acid groups (broad SMARTS) is 1.